The molecule has 0 spiro atoms. The molecule has 0 amide bonds. The summed E-state index contributed by atoms with van der Waals surface area (Å²) in [6, 6.07) is 8.16. The highest BCUT2D eigenvalue weighted by molar-refractivity contribution is 5.79. The van der Waals surface area contributed by atoms with E-state index in [-0.39, 0.29) is 0 Å². The third-order valence-corrected chi connectivity index (χ3v) is 3.70. The summed E-state index contributed by atoms with van der Waals surface area (Å²) in [4.78, 5) is 11.0. The van der Waals surface area contributed by atoms with E-state index in [1.165, 1.54) is 12.0 Å². The topological polar surface area (TPSA) is 53.7 Å². The molecular formula is C18H26N4O. The van der Waals surface area contributed by atoms with Crippen molar-refractivity contribution < 1.29 is 4.42 Å². The first kappa shape index (κ1) is 17.1. The predicted molar refractivity (Wildman–Crippen MR) is 94.4 cm³/mol. The third kappa shape index (κ3) is 4.84. The summed E-state index contributed by atoms with van der Waals surface area (Å²) in [6.45, 7) is 5.84. The highest BCUT2D eigenvalue weighted by Gasteiger charge is 2.09. The number of aryl methyl sites for hydroxylation is 1. The van der Waals surface area contributed by atoms with Gasteiger partial charge in [-0.2, -0.15) is 0 Å². The van der Waals surface area contributed by atoms with Gasteiger partial charge in [-0.3, -0.25) is 4.99 Å². The van der Waals surface area contributed by atoms with Gasteiger partial charge in [-0.15, -0.1) is 0 Å². The maximum atomic E-state index is 5.58. The van der Waals surface area contributed by atoms with Crippen LogP contribution in [0.4, 0.5) is 0 Å². The molecule has 0 radical (unpaired) electrons. The zero-order valence-electron chi connectivity index (χ0n) is 14.5. The number of hydrogen-bond donors (Lipinski definition) is 1. The Morgan fingerprint density at radius 1 is 1.30 bits per heavy atom. The predicted octanol–water partition coefficient (Wildman–Crippen LogP) is 3.46. The summed E-state index contributed by atoms with van der Waals surface area (Å²) in [5, 5.41) is 3.32. The normalized spacial score (nSPS) is 11.6. The number of nitrogens with zero attached hydrogens (tertiary/aromatic N) is 3. The molecule has 5 nitrogen and oxygen atoms in total. The standard InChI is InChI=1S/C18H26N4O/c1-5-6-11-22(4)18(19-3)20-12-16-13-23-17(21-16)15-9-7-14(2)8-10-15/h7-10,13H,5-6,11-12H2,1-4H3,(H,19,20). The van der Waals surface area contributed by atoms with Gasteiger partial charge in [0.2, 0.25) is 5.89 Å². The lowest BCUT2D eigenvalue weighted by Gasteiger charge is -2.21. The third-order valence-electron chi connectivity index (χ3n) is 3.70. The maximum Gasteiger partial charge on any atom is 0.226 e. The van der Waals surface area contributed by atoms with Crippen molar-refractivity contribution in [1.82, 2.24) is 15.2 Å². The molecule has 1 N–H and O–H groups in total. The van der Waals surface area contributed by atoms with Gasteiger partial charge in [-0.1, -0.05) is 31.0 Å². The van der Waals surface area contributed by atoms with Crippen molar-refractivity contribution in [2.75, 3.05) is 20.6 Å². The number of nitrogens with one attached hydrogen (secondary N) is 1. The van der Waals surface area contributed by atoms with Crippen molar-refractivity contribution in [3.05, 3.63) is 41.8 Å². The summed E-state index contributed by atoms with van der Waals surface area (Å²) in [5.74, 6) is 1.52. The fourth-order valence-corrected chi connectivity index (χ4v) is 2.27. The molecule has 0 fully saturated rings. The smallest absolute Gasteiger partial charge is 0.226 e. The Labute approximate surface area is 138 Å². The van der Waals surface area contributed by atoms with Crippen molar-refractivity contribution in [2.45, 2.75) is 33.2 Å². The number of guanidine groups is 1. The van der Waals surface area contributed by atoms with Crippen molar-refractivity contribution >= 4 is 5.96 Å². The minimum Gasteiger partial charge on any atom is -0.444 e. The van der Waals surface area contributed by atoms with Gasteiger partial charge in [0.1, 0.15) is 6.26 Å². The van der Waals surface area contributed by atoms with Gasteiger partial charge in [0.05, 0.1) is 12.2 Å². The van der Waals surface area contributed by atoms with E-state index < -0.39 is 0 Å². The molecule has 0 bridgehead atoms. The monoisotopic (exact) mass is 314 g/mol. The molecule has 0 saturated carbocycles. The van der Waals surface area contributed by atoms with Crippen molar-refractivity contribution in [1.29, 1.82) is 0 Å². The van der Waals surface area contributed by atoms with Crippen LogP contribution in [0.2, 0.25) is 0 Å². The van der Waals surface area contributed by atoms with Crippen LogP contribution in [-0.4, -0.2) is 36.5 Å². The minimum absolute atomic E-state index is 0.596. The molecule has 0 aliphatic rings. The van der Waals surface area contributed by atoms with Crippen LogP contribution in [0, 0.1) is 6.92 Å². The number of aliphatic imine (C=N–C) groups is 1. The number of oxazole rings is 1. The number of aromatic nitrogens is 1. The van der Waals surface area contributed by atoms with Gasteiger partial charge in [0, 0.05) is 26.2 Å². The first-order valence-corrected chi connectivity index (χ1v) is 8.07. The Morgan fingerprint density at radius 3 is 2.70 bits per heavy atom. The largest absolute Gasteiger partial charge is 0.444 e. The van der Waals surface area contributed by atoms with E-state index in [9.17, 15) is 0 Å². The van der Waals surface area contributed by atoms with Crippen LogP contribution < -0.4 is 5.32 Å². The maximum absolute atomic E-state index is 5.58. The number of benzene rings is 1. The Hall–Kier alpha value is -2.30. The van der Waals surface area contributed by atoms with Gasteiger partial charge < -0.3 is 14.6 Å². The lowest BCUT2D eigenvalue weighted by atomic mass is 10.1. The molecule has 1 aromatic carbocycles. The van der Waals surface area contributed by atoms with Gasteiger partial charge in [0.25, 0.3) is 0 Å². The van der Waals surface area contributed by atoms with Gasteiger partial charge in [-0.05, 0) is 25.5 Å². The molecule has 0 aliphatic carbocycles. The fraction of sp³-hybridized carbons (Fsp3) is 0.444. The molecule has 2 aromatic rings. The number of rotatable bonds is 6. The van der Waals surface area contributed by atoms with Crippen LogP contribution in [0.25, 0.3) is 11.5 Å². The molecule has 0 atom stereocenters. The summed E-state index contributed by atoms with van der Waals surface area (Å²) in [5.41, 5.74) is 3.08. The van der Waals surface area contributed by atoms with Crippen LogP contribution in [0.5, 0.6) is 0 Å². The van der Waals surface area contributed by atoms with Crippen LogP contribution in [0.1, 0.15) is 31.0 Å². The second kappa shape index (κ2) is 8.36. The van der Waals surface area contributed by atoms with Gasteiger partial charge in [0.15, 0.2) is 5.96 Å². The summed E-state index contributed by atoms with van der Waals surface area (Å²) in [6.07, 6.45) is 4.02. The van der Waals surface area contributed by atoms with Crippen LogP contribution in [0.3, 0.4) is 0 Å². The van der Waals surface area contributed by atoms with Crippen LogP contribution >= 0.6 is 0 Å². The Morgan fingerprint density at radius 2 is 2.04 bits per heavy atom. The average molecular weight is 314 g/mol. The quantitative estimate of drug-likeness (QED) is 0.655. The number of unbranched alkanes of at least 4 members (excludes halogenated alkanes) is 1. The lowest BCUT2D eigenvalue weighted by Crippen LogP contribution is -2.39. The molecule has 0 unspecified atom stereocenters. The molecule has 2 rings (SSSR count). The van der Waals surface area contributed by atoms with Crippen molar-refractivity contribution in [3.8, 4) is 11.5 Å². The van der Waals surface area contributed by atoms with E-state index in [1.807, 2.05) is 19.2 Å². The second-order valence-corrected chi connectivity index (χ2v) is 5.69. The molecule has 0 aliphatic heterocycles. The minimum atomic E-state index is 0.596. The number of hydrogen-bond acceptors (Lipinski definition) is 3. The first-order valence-electron chi connectivity index (χ1n) is 8.07. The van der Waals surface area contributed by atoms with Gasteiger partial charge >= 0.3 is 0 Å². The van der Waals surface area contributed by atoms with E-state index in [0.717, 1.165) is 30.2 Å². The van der Waals surface area contributed by atoms with Crippen LogP contribution in [0.15, 0.2) is 39.9 Å². The van der Waals surface area contributed by atoms with Gasteiger partial charge in [-0.25, -0.2) is 4.98 Å². The van der Waals surface area contributed by atoms with E-state index >= 15 is 0 Å². The Balaban J connectivity index is 1.95. The highest BCUT2D eigenvalue weighted by Crippen LogP contribution is 2.18. The summed E-state index contributed by atoms with van der Waals surface area (Å²) >= 11 is 0. The van der Waals surface area contributed by atoms with E-state index in [0.29, 0.717) is 12.4 Å². The van der Waals surface area contributed by atoms with E-state index in [1.54, 1.807) is 13.3 Å². The SMILES string of the molecule is CCCCN(C)C(=NC)NCc1coc(-c2ccc(C)cc2)n1. The molecule has 124 valence electrons. The van der Waals surface area contributed by atoms with Crippen molar-refractivity contribution in [2.24, 2.45) is 4.99 Å². The van der Waals surface area contributed by atoms with E-state index in [2.05, 4.69) is 46.2 Å². The summed E-state index contributed by atoms with van der Waals surface area (Å²) in [7, 11) is 3.84. The summed E-state index contributed by atoms with van der Waals surface area (Å²) < 4.78 is 5.58. The Kier molecular flexibility index (Phi) is 6.20. The van der Waals surface area contributed by atoms with Crippen LogP contribution in [-0.2, 0) is 6.54 Å². The van der Waals surface area contributed by atoms with Crippen molar-refractivity contribution in [3.63, 3.8) is 0 Å². The average Bonchev–Trinajstić information content (AvgIpc) is 3.03. The molecule has 0 saturated heterocycles. The molecule has 5 heteroatoms. The Bertz CT molecular complexity index is 631. The molecule has 1 heterocycles. The first-order chi connectivity index (χ1) is 11.1. The zero-order valence-corrected chi connectivity index (χ0v) is 14.5. The second-order valence-electron chi connectivity index (χ2n) is 5.69. The van der Waals surface area contributed by atoms with E-state index in [4.69, 9.17) is 4.42 Å². The fourth-order valence-electron chi connectivity index (χ4n) is 2.27. The molecule has 23 heavy (non-hydrogen) atoms. The lowest BCUT2D eigenvalue weighted by molar-refractivity contribution is 0.464. The molecule has 1 aromatic heterocycles. The highest BCUT2D eigenvalue weighted by atomic mass is 16.3. The zero-order chi connectivity index (χ0) is 16.7. The molecular weight excluding hydrogens is 288 g/mol.